The van der Waals surface area contributed by atoms with Crippen LogP contribution in [0.3, 0.4) is 0 Å². The van der Waals surface area contributed by atoms with E-state index in [1.807, 2.05) is 11.8 Å². The summed E-state index contributed by atoms with van der Waals surface area (Å²) in [6.45, 7) is 3.24. The Balaban J connectivity index is 1.87. The number of hydrazine groups is 2. The lowest BCUT2D eigenvalue weighted by molar-refractivity contribution is -0.0801. The molecule has 1 N–H and O–H groups in total. The highest BCUT2D eigenvalue weighted by Gasteiger charge is 2.34. The first-order chi connectivity index (χ1) is 5.95. The molecule has 0 aromatic carbocycles. The van der Waals surface area contributed by atoms with Gasteiger partial charge in [-0.15, -0.1) is 16.9 Å². The number of thioether (sulfide) groups is 1. The van der Waals surface area contributed by atoms with Crippen molar-refractivity contribution < 1.29 is 0 Å². The largest absolute Gasteiger partial charge is 0.309 e. The Morgan fingerprint density at radius 3 is 3.42 bits per heavy atom. The van der Waals surface area contributed by atoms with Crippen molar-refractivity contribution in [1.82, 2.24) is 20.5 Å². The number of hydrogen-bond donors (Lipinski definition) is 1. The van der Waals surface area contributed by atoms with Crippen LogP contribution < -0.4 is 5.32 Å². The third-order valence-corrected chi connectivity index (χ3v) is 3.30. The van der Waals surface area contributed by atoms with Gasteiger partial charge in [-0.3, -0.25) is 10.0 Å². The average molecular weight is 184 g/mol. The summed E-state index contributed by atoms with van der Waals surface area (Å²) in [7, 11) is 0. The second-order valence-electron chi connectivity index (χ2n) is 3.19. The van der Waals surface area contributed by atoms with Crippen LogP contribution in [0.2, 0.25) is 0 Å². The van der Waals surface area contributed by atoms with E-state index in [1.54, 1.807) is 0 Å². The minimum Gasteiger partial charge on any atom is -0.309 e. The Hall–Kier alpha value is -0.390. The zero-order chi connectivity index (χ0) is 7.97. The van der Waals surface area contributed by atoms with Crippen LogP contribution in [0.5, 0.6) is 0 Å². The normalized spacial score (nSPS) is 28.8. The zero-order valence-electron chi connectivity index (χ0n) is 6.86. The van der Waals surface area contributed by atoms with E-state index in [-0.39, 0.29) is 0 Å². The third-order valence-electron chi connectivity index (χ3n) is 2.44. The highest BCUT2D eigenvalue weighted by molar-refractivity contribution is 7.99. The maximum Gasteiger partial charge on any atom is 0.0866 e. The molecule has 2 fully saturated rings. The van der Waals surface area contributed by atoms with Gasteiger partial charge in [-0.1, -0.05) is 0 Å². The van der Waals surface area contributed by atoms with Gasteiger partial charge in [0.15, 0.2) is 0 Å². The van der Waals surface area contributed by atoms with Crippen molar-refractivity contribution in [2.24, 2.45) is 0 Å². The molecular weight excluding hydrogens is 172 g/mol. The minimum absolute atomic E-state index is 1.03. The lowest BCUT2D eigenvalue weighted by Gasteiger charge is -2.34. The first-order valence-corrected chi connectivity index (χ1v) is 5.41. The Bertz CT molecular complexity index is 229. The maximum absolute atomic E-state index is 3.38. The van der Waals surface area contributed by atoms with Crippen LogP contribution in [0.4, 0.5) is 0 Å². The van der Waals surface area contributed by atoms with Crippen molar-refractivity contribution in [3.8, 4) is 0 Å². The number of fused-ring (bicyclic) bond motifs is 3. The first kappa shape index (κ1) is 7.06. The van der Waals surface area contributed by atoms with E-state index < -0.39 is 0 Å². The third kappa shape index (κ3) is 0.870. The van der Waals surface area contributed by atoms with Gasteiger partial charge in [0.05, 0.1) is 17.5 Å². The molecule has 2 saturated heterocycles. The minimum atomic E-state index is 1.03. The monoisotopic (exact) mass is 184 g/mol. The molecule has 3 aliphatic rings. The van der Waals surface area contributed by atoms with Gasteiger partial charge in [0.2, 0.25) is 0 Å². The summed E-state index contributed by atoms with van der Waals surface area (Å²) in [5.41, 5.74) is 1.42. The molecule has 3 heterocycles. The van der Waals surface area contributed by atoms with E-state index in [0.717, 1.165) is 31.4 Å². The summed E-state index contributed by atoms with van der Waals surface area (Å²) in [6, 6.07) is 0. The van der Waals surface area contributed by atoms with Crippen LogP contribution in [-0.4, -0.2) is 46.5 Å². The van der Waals surface area contributed by atoms with E-state index in [1.165, 1.54) is 5.70 Å². The van der Waals surface area contributed by atoms with Gasteiger partial charge in [0.1, 0.15) is 0 Å². The van der Waals surface area contributed by atoms with Gasteiger partial charge in [0.25, 0.3) is 0 Å². The number of nitrogens with zero attached hydrogens (tertiary/aromatic N) is 3. The molecule has 5 heteroatoms. The summed E-state index contributed by atoms with van der Waals surface area (Å²) in [5, 5.41) is 10.4. The predicted molar refractivity (Wildman–Crippen MR) is 48.7 cm³/mol. The molecule has 4 nitrogen and oxygen atoms in total. The molecule has 0 atom stereocenters. The molecule has 3 rings (SSSR count). The zero-order valence-corrected chi connectivity index (χ0v) is 7.68. The molecule has 0 unspecified atom stereocenters. The van der Waals surface area contributed by atoms with E-state index in [0.29, 0.717) is 0 Å². The standard InChI is InChI=1S/C7H12N4S/c1-2-10-7(3-8-1)4-9-5-12-6-11(9)10/h4,8H,1-3,5-6H2. The molecule has 3 aliphatic heterocycles. The molecule has 0 radical (unpaired) electrons. The van der Waals surface area contributed by atoms with Gasteiger partial charge in [-0.2, -0.15) is 0 Å². The van der Waals surface area contributed by atoms with Crippen LogP contribution in [-0.2, 0) is 0 Å². The topological polar surface area (TPSA) is 21.8 Å². The van der Waals surface area contributed by atoms with Crippen molar-refractivity contribution in [3.05, 3.63) is 11.9 Å². The Labute approximate surface area is 76.1 Å². The van der Waals surface area contributed by atoms with E-state index >= 15 is 0 Å². The van der Waals surface area contributed by atoms with Crippen LogP contribution in [0.25, 0.3) is 0 Å². The summed E-state index contributed by atoms with van der Waals surface area (Å²) in [5.74, 6) is 2.22. The molecule has 0 bridgehead atoms. The van der Waals surface area contributed by atoms with Crippen molar-refractivity contribution >= 4 is 11.8 Å². The van der Waals surface area contributed by atoms with Crippen molar-refractivity contribution in [3.63, 3.8) is 0 Å². The number of nitrogens with one attached hydrogen (secondary N) is 1. The summed E-state index contributed by atoms with van der Waals surface area (Å²) < 4.78 is 0. The van der Waals surface area contributed by atoms with E-state index in [2.05, 4.69) is 26.7 Å². The number of rotatable bonds is 0. The lowest BCUT2D eigenvalue weighted by atomic mass is 10.3. The fourth-order valence-electron chi connectivity index (χ4n) is 1.85. The van der Waals surface area contributed by atoms with Gasteiger partial charge >= 0.3 is 0 Å². The van der Waals surface area contributed by atoms with Gasteiger partial charge < -0.3 is 5.32 Å². The molecule has 66 valence electrons. The fourth-order valence-corrected chi connectivity index (χ4v) is 2.78. The van der Waals surface area contributed by atoms with Crippen LogP contribution in [0.15, 0.2) is 11.9 Å². The SMILES string of the molecule is C1=C2CNCCN2N2CSCN12. The molecule has 0 aromatic rings. The van der Waals surface area contributed by atoms with Crippen LogP contribution in [0.1, 0.15) is 0 Å². The summed E-state index contributed by atoms with van der Waals surface area (Å²) in [6.07, 6.45) is 2.26. The van der Waals surface area contributed by atoms with Crippen molar-refractivity contribution in [2.45, 2.75) is 0 Å². The fraction of sp³-hybridized carbons (Fsp3) is 0.714. The molecule has 0 saturated carbocycles. The Kier molecular flexibility index (Phi) is 1.50. The summed E-state index contributed by atoms with van der Waals surface area (Å²) >= 11 is 1.97. The van der Waals surface area contributed by atoms with Gasteiger partial charge in [-0.25, -0.2) is 0 Å². The average Bonchev–Trinajstić information content (AvgIpc) is 2.62. The van der Waals surface area contributed by atoms with E-state index in [9.17, 15) is 0 Å². The molecular formula is C7H12N4S. The van der Waals surface area contributed by atoms with Gasteiger partial charge in [0, 0.05) is 25.8 Å². The summed E-state index contributed by atoms with van der Waals surface area (Å²) in [4.78, 5) is 0. The Morgan fingerprint density at radius 1 is 1.42 bits per heavy atom. The number of piperazine rings is 1. The van der Waals surface area contributed by atoms with Gasteiger partial charge in [-0.05, 0) is 0 Å². The van der Waals surface area contributed by atoms with E-state index in [4.69, 9.17) is 0 Å². The quantitative estimate of drug-likeness (QED) is 0.563. The van der Waals surface area contributed by atoms with Crippen molar-refractivity contribution in [1.29, 1.82) is 0 Å². The molecule has 12 heavy (non-hydrogen) atoms. The second kappa shape index (κ2) is 2.55. The molecule has 0 aliphatic carbocycles. The molecule has 0 aromatic heterocycles. The highest BCUT2D eigenvalue weighted by atomic mass is 32.2. The molecule has 0 spiro atoms. The number of hydrogen-bond acceptors (Lipinski definition) is 5. The van der Waals surface area contributed by atoms with Crippen LogP contribution in [0, 0.1) is 0 Å². The van der Waals surface area contributed by atoms with Crippen LogP contribution >= 0.6 is 11.8 Å². The first-order valence-electron chi connectivity index (χ1n) is 4.26. The smallest absolute Gasteiger partial charge is 0.0866 e. The highest BCUT2D eigenvalue weighted by Crippen LogP contribution is 2.30. The molecule has 0 amide bonds. The maximum atomic E-state index is 3.38. The predicted octanol–water partition coefficient (Wildman–Crippen LogP) is -0.158. The Morgan fingerprint density at radius 2 is 2.42 bits per heavy atom. The lowest BCUT2D eigenvalue weighted by Crippen LogP contribution is -2.48. The second-order valence-corrected chi connectivity index (χ2v) is 4.12. The van der Waals surface area contributed by atoms with Crippen molar-refractivity contribution in [2.75, 3.05) is 31.4 Å².